The summed E-state index contributed by atoms with van der Waals surface area (Å²) >= 11 is 0. The van der Waals surface area contributed by atoms with Crippen molar-refractivity contribution < 1.29 is 14.3 Å². The van der Waals surface area contributed by atoms with Crippen molar-refractivity contribution in [2.45, 2.75) is 110 Å². The van der Waals surface area contributed by atoms with E-state index in [-0.39, 0.29) is 12.1 Å². The molecule has 0 aromatic heterocycles. The van der Waals surface area contributed by atoms with Crippen LogP contribution in [0.1, 0.15) is 116 Å². The van der Waals surface area contributed by atoms with Crippen LogP contribution in [0, 0.1) is 0 Å². The van der Waals surface area contributed by atoms with Crippen LogP contribution in [-0.4, -0.2) is 12.6 Å². The first-order valence-electron chi connectivity index (χ1n) is 13.7. The van der Waals surface area contributed by atoms with Gasteiger partial charge in [0.05, 0.1) is 6.61 Å². The second-order valence-electron chi connectivity index (χ2n) is 9.41. The highest BCUT2D eigenvalue weighted by atomic mass is 16.5. The summed E-state index contributed by atoms with van der Waals surface area (Å²) in [5.74, 6) is 0.837. The third-order valence-corrected chi connectivity index (χ3v) is 6.38. The fourth-order valence-corrected chi connectivity index (χ4v) is 4.14. The molecule has 0 spiro atoms. The van der Waals surface area contributed by atoms with Gasteiger partial charge in [-0.2, -0.15) is 0 Å². The van der Waals surface area contributed by atoms with E-state index in [4.69, 9.17) is 9.47 Å². The minimum Gasteiger partial charge on any atom is -0.494 e. The predicted molar refractivity (Wildman–Crippen MR) is 143 cm³/mol. The molecule has 0 saturated carbocycles. The Balaban J connectivity index is 1.72. The van der Waals surface area contributed by atoms with Crippen LogP contribution in [0.5, 0.6) is 5.75 Å². The van der Waals surface area contributed by atoms with Gasteiger partial charge in [-0.25, -0.2) is 0 Å². The van der Waals surface area contributed by atoms with Crippen LogP contribution in [0.3, 0.4) is 0 Å². The minimum absolute atomic E-state index is 0.0939. The van der Waals surface area contributed by atoms with Gasteiger partial charge in [0, 0.05) is 6.42 Å². The summed E-state index contributed by atoms with van der Waals surface area (Å²) in [6, 6.07) is 16.6. The molecule has 2 aromatic rings. The highest BCUT2D eigenvalue weighted by Gasteiger charge is 2.12. The zero-order valence-corrected chi connectivity index (χ0v) is 21.8. The summed E-state index contributed by atoms with van der Waals surface area (Å²) < 4.78 is 11.5. The standard InChI is InChI=1S/C31H46O3/c1-4-6-8-10-12-14-16-31(32)34-26(3)27-17-19-28(20-18-27)29-21-23-30(24-22-29)33-25-15-13-11-9-7-5-2/h17-24,26H,4-16,25H2,1-3H3. The lowest BCUT2D eigenvalue weighted by atomic mass is 10.0. The van der Waals surface area contributed by atoms with E-state index in [0.29, 0.717) is 6.42 Å². The van der Waals surface area contributed by atoms with Gasteiger partial charge in [-0.3, -0.25) is 4.79 Å². The predicted octanol–water partition coefficient (Wildman–Crippen LogP) is 9.45. The molecule has 0 aliphatic heterocycles. The summed E-state index contributed by atoms with van der Waals surface area (Å²) in [6.45, 7) is 7.20. The highest BCUT2D eigenvalue weighted by molar-refractivity contribution is 5.69. The van der Waals surface area contributed by atoms with E-state index in [9.17, 15) is 4.79 Å². The van der Waals surface area contributed by atoms with Crippen molar-refractivity contribution in [2.24, 2.45) is 0 Å². The van der Waals surface area contributed by atoms with Crippen LogP contribution in [0.2, 0.25) is 0 Å². The molecule has 1 unspecified atom stereocenters. The molecule has 1 atom stereocenters. The number of carbonyl (C=O) groups is 1. The lowest BCUT2D eigenvalue weighted by Crippen LogP contribution is -2.08. The first-order chi connectivity index (χ1) is 16.6. The zero-order valence-electron chi connectivity index (χ0n) is 21.8. The summed E-state index contributed by atoms with van der Waals surface area (Å²) in [4.78, 5) is 12.2. The molecule has 0 fully saturated rings. The molecular weight excluding hydrogens is 420 g/mol. The maximum atomic E-state index is 12.2. The molecule has 0 radical (unpaired) electrons. The van der Waals surface area contributed by atoms with Gasteiger partial charge in [0.15, 0.2) is 0 Å². The Bertz CT molecular complexity index is 779. The Kier molecular flexibility index (Phi) is 14.1. The zero-order chi connectivity index (χ0) is 24.4. The highest BCUT2D eigenvalue weighted by Crippen LogP contribution is 2.26. The number of rotatable bonds is 18. The molecule has 0 heterocycles. The fraction of sp³-hybridized carbons (Fsp3) is 0.581. The van der Waals surface area contributed by atoms with Crippen LogP contribution in [0.25, 0.3) is 11.1 Å². The topological polar surface area (TPSA) is 35.5 Å². The molecule has 0 saturated heterocycles. The Morgan fingerprint density at radius 2 is 1.18 bits per heavy atom. The molecule has 2 aromatic carbocycles. The van der Waals surface area contributed by atoms with Crippen molar-refractivity contribution in [1.82, 2.24) is 0 Å². The summed E-state index contributed by atoms with van der Waals surface area (Å²) in [7, 11) is 0. The Morgan fingerprint density at radius 1 is 0.676 bits per heavy atom. The van der Waals surface area contributed by atoms with Crippen LogP contribution in [0.4, 0.5) is 0 Å². The SMILES string of the molecule is CCCCCCCCOc1ccc(-c2ccc(C(C)OC(=O)CCCCCCCC)cc2)cc1. The number of hydrogen-bond donors (Lipinski definition) is 0. The minimum atomic E-state index is -0.223. The summed E-state index contributed by atoms with van der Waals surface area (Å²) in [6.07, 6.45) is 15.0. The van der Waals surface area contributed by atoms with E-state index in [2.05, 4.69) is 50.2 Å². The molecule has 3 nitrogen and oxygen atoms in total. The number of esters is 1. The van der Waals surface area contributed by atoms with E-state index in [1.54, 1.807) is 0 Å². The maximum Gasteiger partial charge on any atom is 0.306 e. The van der Waals surface area contributed by atoms with E-state index >= 15 is 0 Å². The van der Waals surface area contributed by atoms with Crippen molar-refractivity contribution in [3.63, 3.8) is 0 Å². The normalized spacial score (nSPS) is 11.9. The van der Waals surface area contributed by atoms with Crippen molar-refractivity contribution in [1.29, 1.82) is 0 Å². The van der Waals surface area contributed by atoms with Gasteiger partial charge >= 0.3 is 5.97 Å². The third-order valence-electron chi connectivity index (χ3n) is 6.38. The van der Waals surface area contributed by atoms with Gasteiger partial charge in [-0.1, -0.05) is 114 Å². The van der Waals surface area contributed by atoms with Gasteiger partial charge in [0.1, 0.15) is 11.9 Å². The van der Waals surface area contributed by atoms with E-state index in [1.807, 2.05) is 19.1 Å². The first kappa shape index (κ1) is 28.0. The average Bonchev–Trinajstić information content (AvgIpc) is 2.86. The van der Waals surface area contributed by atoms with Gasteiger partial charge in [-0.15, -0.1) is 0 Å². The van der Waals surface area contributed by atoms with Crippen molar-refractivity contribution in [3.8, 4) is 16.9 Å². The van der Waals surface area contributed by atoms with Crippen molar-refractivity contribution in [2.75, 3.05) is 6.61 Å². The number of carbonyl (C=O) groups excluding carboxylic acids is 1. The molecule has 0 aliphatic rings. The second-order valence-corrected chi connectivity index (χ2v) is 9.41. The number of ether oxygens (including phenoxy) is 2. The lowest BCUT2D eigenvalue weighted by Gasteiger charge is -2.14. The van der Waals surface area contributed by atoms with E-state index < -0.39 is 0 Å². The number of hydrogen-bond acceptors (Lipinski definition) is 3. The van der Waals surface area contributed by atoms with Gasteiger partial charge in [0.2, 0.25) is 0 Å². The molecule has 0 amide bonds. The van der Waals surface area contributed by atoms with Crippen LogP contribution >= 0.6 is 0 Å². The molecule has 188 valence electrons. The Morgan fingerprint density at radius 3 is 1.76 bits per heavy atom. The number of unbranched alkanes of at least 4 members (excludes halogenated alkanes) is 10. The third kappa shape index (κ3) is 11.2. The van der Waals surface area contributed by atoms with Crippen molar-refractivity contribution >= 4 is 5.97 Å². The van der Waals surface area contributed by atoms with Gasteiger partial charge in [0.25, 0.3) is 0 Å². The molecule has 0 N–H and O–H groups in total. The largest absolute Gasteiger partial charge is 0.494 e. The van der Waals surface area contributed by atoms with E-state index in [0.717, 1.165) is 48.3 Å². The molecule has 34 heavy (non-hydrogen) atoms. The maximum absolute atomic E-state index is 12.2. The molecule has 2 rings (SSSR count). The van der Waals surface area contributed by atoms with Gasteiger partial charge < -0.3 is 9.47 Å². The fourth-order valence-electron chi connectivity index (χ4n) is 4.14. The Labute approximate surface area is 208 Å². The molecule has 0 aliphatic carbocycles. The van der Waals surface area contributed by atoms with Crippen LogP contribution in [-0.2, 0) is 9.53 Å². The Hall–Kier alpha value is -2.29. The van der Waals surface area contributed by atoms with Crippen molar-refractivity contribution in [3.05, 3.63) is 54.1 Å². The summed E-state index contributed by atoms with van der Waals surface area (Å²) in [5.41, 5.74) is 3.34. The second kappa shape index (κ2) is 17.2. The first-order valence-corrected chi connectivity index (χ1v) is 13.7. The lowest BCUT2D eigenvalue weighted by molar-refractivity contribution is -0.148. The summed E-state index contributed by atoms with van der Waals surface area (Å²) in [5, 5.41) is 0. The average molecular weight is 467 g/mol. The quantitative estimate of drug-likeness (QED) is 0.162. The van der Waals surface area contributed by atoms with Gasteiger partial charge in [-0.05, 0) is 48.6 Å². The molecular formula is C31H46O3. The monoisotopic (exact) mass is 466 g/mol. The molecule has 0 bridgehead atoms. The van der Waals surface area contributed by atoms with Crippen LogP contribution < -0.4 is 4.74 Å². The van der Waals surface area contributed by atoms with E-state index in [1.165, 1.54) is 57.8 Å². The number of benzene rings is 2. The molecule has 3 heteroatoms. The van der Waals surface area contributed by atoms with Crippen LogP contribution in [0.15, 0.2) is 48.5 Å². The smallest absolute Gasteiger partial charge is 0.306 e.